The van der Waals surface area contributed by atoms with Crippen LogP contribution < -0.4 is 10.9 Å². The zero-order valence-corrected chi connectivity index (χ0v) is 19.9. The van der Waals surface area contributed by atoms with E-state index in [-0.39, 0.29) is 17.2 Å². The van der Waals surface area contributed by atoms with Gasteiger partial charge in [0.25, 0.3) is 5.56 Å². The number of aromatic nitrogens is 4. The number of anilines is 2. The lowest BCUT2D eigenvalue weighted by Gasteiger charge is -2.30. The molecule has 1 N–H and O–H groups in total. The monoisotopic (exact) mass is 467 g/mol. The molecule has 0 atom stereocenters. The van der Waals surface area contributed by atoms with Gasteiger partial charge in [0.1, 0.15) is 17.3 Å². The number of nitriles is 1. The van der Waals surface area contributed by atoms with Crippen molar-refractivity contribution in [1.29, 1.82) is 5.26 Å². The molecule has 2 aliphatic rings. The van der Waals surface area contributed by atoms with E-state index in [1.165, 1.54) is 23.7 Å². The number of pyridine rings is 1. The van der Waals surface area contributed by atoms with Crippen LogP contribution in [0.1, 0.15) is 56.2 Å². The Morgan fingerprint density at radius 3 is 2.60 bits per heavy atom. The van der Waals surface area contributed by atoms with Crippen LogP contribution in [0, 0.1) is 11.3 Å². The Morgan fingerprint density at radius 1 is 1.03 bits per heavy atom. The predicted molar refractivity (Wildman–Crippen MR) is 137 cm³/mol. The van der Waals surface area contributed by atoms with Gasteiger partial charge < -0.3 is 14.8 Å². The molecule has 0 bridgehead atoms. The number of nitrogens with one attached hydrogen (secondary N) is 1. The molecule has 0 amide bonds. The first kappa shape index (κ1) is 21.8. The fraction of sp³-hybridized carbons (Fsp3) is 0.407. The van der Waals surface area contributed by atoms with Crippen molar-refractivity contribution in [1.82, 2.24) is 24.0 Å². The molecule has 1 aromatic carbocycles. The zero-order chi connectivity index (χ0) is 23.9. The highest BCUT2D eigenvalue weighted by atomic mass is 16.1. The minimum absolute atomic E-state index is 0.0803. The van der Waals surface area contributed by atoms with Gasteiger partial charge in [0, 0.05) is 46.5 Å². The quantitative estimate of drug-likeness (QED) is 0.466. The van der Waals surface area contributed by atoms with Crippen LogP contribution in [0.25, 0.3) is 21.9 Å². The van der Waals surface area contributed by atoms with Crippen LogP contribution in [-0.4, -0.2) is 44.1 Å². The van der Waals surface area contributed by atoms with Gasteiger partial charge in [-0.25, -0.2) is 4.98 Å². The van der Waals surface area contributed by atoms with Gasteiger partial charge in [-0.05, 0) is 76.2 Å². The summed E-state index contributed by atoms with van der Waals surface area (Å²) in [6, 6.07) is 12.8. The minimum atomic E-state index is -0.256. The highest BCUT2D eigenvalue weighted by Crippen LogP contribution is 2.32. The lowest BCUT2D eigenvalue weighted by molar-refractivity contribution is 0.224. The molecule has 0 unspecified atom stereocenters. The van der Waals surface area contributed by atoms with Crippen LogP contribution in [-0.2, 0) is 0 Å². The number of likely N-dealkylation sites (tertiary alicyclic amines) is 1. The van der Waals surface area contributed by atoms with E-state index in [0.717, 1.165) is 44.5 Å². The normalized spacial score (nSPS) is 17.8. The second-order valence-electron chi connectivity index (χ2n) is 9.91. The van der Waals surface area contributed by atoms with Crippen molar-refractivity contribution in [3.05, 3.63) is 58.6 Å². The van der Waals surface area contributed by atoms with Crippen molar-refractivity contribution in [3.63, 3.8) is 0 Å². The number of nitrogens with zero attached hydrogens (tertiary/aromatic N) is 6. The lowest BCUT2D eigenvalue weighted by Crippen LogP contribution is -2.31. The van der Waals surface area contributed by atoms with E-state index in [4.69, 9.17) is 4.98 Å². The molecule has 3 aromatic heterocycles. The van der Waals surface area contributed by atoms with E-state index in [2.05, 4.69) is 57.3 Å². The molecule has 4 heterocycles. The molecule has 178 valence electrons. The van der Waals surface area contributed by atoms with Gasteiger partial charge in [-0.3, -0.25) is 9.36 Å². The second-order valence-corrected chi connectivity index (χ2v) is 9.91. The van der Waals surface area contributed by atoms with E-state index in [9.17, 15) is 10.1 Å². The minimum Gasteiger partial charge on any atom is -0.344 e. The molecule has 35 heavy (non-hydrogen) atoms. The fourth-order valence-electron chi connectivity index (χ4n) is 5.72. The van der Waals surface area contributed by atoms with Gasteiger partial charge >= 0.3 is 0 Å². The summed E-state index contributed by atoms with van der Waals surface area (Å²) in [6.07, 6.45) is 10.3. The van der Waals surface area contributed by atoms with E-state index < -0.39 is 0 Å². The Labute approximate surface area is 203 Å². The van der Waals surface area contributed by atoms with E-state index >= 15 is 0 Å². The van der Waals surface area contributed by atoms with E-state index in [0.29, 0.717) is 23.0 Å². The smallest absolute Gasteiger partial charge is 0.270 e. The first-order chi connectivity index (χ1) is 17.1. The van der Waals surface area contributed by atoms with Crippen LogP contribution in [0.2, 0.25) is 0 Å². The number of hydrogen-bond acceptors (Lipinski definition) is 6. The summed E-state index contributed by atoms with van der Waals surface area (Å²) in [4.78, 5) is 24.6. The number of rotatable bonds is 4. The zero-order valence-electron chi connectivity index (χ0n) is 19.9. The first-order valence-electron chi connectivity index (χ1n) is 12.5. The Balaban J connectivity index is 1.33. The van der Waals surface area contributed by atoms with Gasteiger partial charge in [-0.1, -0.05) is 12.8 Å². The summed E-state index contributed by atoms with van der Waals surface area (Å²) in [5.74, 6) is 0.447. The average molecular weight is 468 g/mol. The molecular weight excluding hydrogens is 438 g/mol. The molecular formula is C27H29N7O. The highest BCUT2D eigenvalue weighted by Gasteiger charge is 2.23. The molecule has 1 saturated carbocycles. The van der Waals surface area contributed by atoms with Gasteiger partial charge in [0.2, 0.25) is 5.95 Å². The van der Waals surface area contributed by atoms with E-state index in [1.807, 2.05) is 6.07 Å². The maximum absolute atomic E-state index is 13.0. The summed E-state index contributed by atoms with van der Waals surface area (Å²) in [5.41, 5.74) is 2.62. The molecule has 1 aliphatic carbocycles. The number of piperidine rings is 1. The summed E-state index contributed by atoms with van der Waals surface area (Å²) in [7, 11) is 2.19. The van der Waals surface area contributed by atoms with E-state index in [1.54, 1.807) is 16.8 Å². The summed E-state index contributed by atoms with van der Waals surface area (Å²) >= 11 is 0. The largest absolute Gasteiger partial charge is 0.344 e. The van der Waals surface area contributed by atoms with Crippen LogP contribution in [0.4, 0.5) is 11.6 Å². The Morgan fingerprint density at radius 2 is 1.83 bits per heavy atom. The third-order valence-electron chi connectivity index (χ3n) is 7.64. The fourth-order valence-corrected chi connectivity index (χ4v) is 5.72. The Bertz CT molecular complexity index is 1500. The molecule has 8 nitrogen and oxygen atoms in total. The van der Waals surface area contributed by atoms with Gasteiger partial charge in [0.15, 0.2) is 0 Å². The number of benzene rings is 1. The summed E-state index contributed by atoms with van der Waals surface area (Å²) in [5, 5.41) is 14.7. The van der Waals surface area contributed by atoms with Crippen LogP contribution in [0.15, 0.2) is 47.5 Å². The van der Waals surface area contributed by atoms with Crippen LogP contribution >= 0.6 is 0 Å². The van der Waals surface area contributed by atoms with Gasteiger partial charge in [-0.2, -0.15) is 10.2 Å². The first-order valence-corrected chi connectivity index (χ1v) is 12.5. The topological polar surface area (TPSA) is 91.8 Å². The van der Waals surface area contributed by atoms with Gasteiger partial charge in [-0.15, -0.1) is 0 Å². The summed E-state index contributed by atoms with van der Waals surface area (Å²) in [6.45, 7) is 2.26. The molecule has 1 aliphatic heterocycles. The van der Waals surface area contributed by atoms with Crippen molar-refractivity contribution in [3.8, 4) is 6.07 Å². The Kier molecular flexibility index (Phi) is 5.50. The molecule has 0 radical (unpaired) electrons. The SMILES string of the molecule is CN1CCC(n2ccc3cc(Nc4ncc5cc(C#N)c(=O)n(C6CCCC6)c5n4)ccc32)CC1. The predicted octanol–water partition coefficient (Wildman–Crippen LogP) is 4.74. The number of hydrogen-bond donors (Lipinski definition) is 1. The van der Waals surface area contributed by atoms with Crippen LogP contribution in [0.3, 0.4) is 0 Å². The molecule has 4 aromatic rings. The maximum atomic E-state index is 13.0. The van der Waals surface area contributed by atoms with Crippen molar-refractivity contribution in [2.45, 2.75) is 50.6 Å². The van der Waals surface area contributed by atoms with Crippen molar-refractivity contribution >= 4 is 33.6 Å². The summed E-state index contributed by atoms with van der Waals surface area (Å²) < 4.78 is 4.13. The highest BCUT2D eigenvalue weighted by molar-refractivity contribution is 5.85. The van der Waals surface area contributed by atoms with Crippen molar-refractivity contribution in [2.75, 3.05) is 25.5 Å². The van der Waals surface area contributed by atoms with Gasteiger partial charge in [0.05, 0.1) is 0 Å². The molecule has 0 spiro atoms. The van der Waals surface area contributed by atoms with Crippen molar-refractivity contribution in [2.24, 2.45) is 0 Å². The third-order valence-corrected chi connectivity index (χ3v) is 7.64. The molecule has 8 heteroatoms. The molecule has 1 saturated heterocycles. The molecule has 2 fully saturated rings. The second kappa shape index (κ2) is 8.82. The van der Waals surface area contributed by atoms with Crippen LogP contribution in [0.5, 0.6) is 0 Å². The lowest BCUT2D eigenvalue weighted by atomic mass is 10.1. The average Bonchev–Trinajstić information content (AvgIpc) is 3.54. The standard InChI is InChI=1S/C27H29N7O/c1-32-11-9-22(10-12-32)33-13-8-18-15-21(6-7-24(18)33)30-27-29-17-20-14-19(16-28)26(35)34(25(20)31-27)23-4-2-3-5-23/h6-8,13-15,17,22-23H,2-5,9-12H2,1H3,(H,29,30,31). The third kappa shape index (κ3) is 3.96. The maximum Gasteiger partial charge on any atom is 0.270 e. The van der Waals surface area contributed by atoms with Crippen molar-refractivity contribution < 1.29 is 0 Å². The molecule has 6 rings (SSSR count). The Hall–Kier alpha value is -3.70. The number of fused-ring (bicyclic) bond motifs is 2.